The highest BCUT2D eigenvalue weighted by atomic mass is 15.0. The number of rotatable bonds is 9. The lowest BCUT2D eigenvalue weighted by atomic mass is 10.0. The Morgan fingerprint density at radius 1 is 0.200 bits per heavy atom. The first-order chi connectivity index (χ1) is 29.7. The van der Waals surface area contributed by atoms with E-state index >= 15 is 0 Å². The molecule has 60 heavy (non-hydrogen) atoms. The molecule has 0 unspecified atom stereocenters. The highest BCUT2D eigenvalue weighted by molar-refractivity contribution is 5.78. The molecular formula is C51H33N9. The van der Waals surface area contributed by atoms with Crippen LogP contribution in [-0.4, -0.2) is 44.9 Å². The molecule has 5 heterocycles. The number of aromatic nitrogens is 9. The summed E-state index contributed by atoms with van der Waals surface area (Å²) in [6.07, 6.45) is 3.54. The minimum Gasteiger partial charge on any atom is -0.255 e. The maximum atomic E-state index is 5.20. The van der Waals surface area contributed by atoms with Crippen LogP contribution in [0.2, 0.25) is 0 Å². The van der Waals surface area contributed by atoms with Crippen molar-refractivity contribution in [3.05, 3.63) is 200 Å². The van der Waals surface area contributed by atoms with Gasteiger partial charge in [-0.25, -0.2) is 34.9 Å². The lowest BCUT2D eigenvalue weighted by Crippen LogP contribution is -2.01. The van der Waals surface area contributed by atoms with E-state index in [1.165, 1.54) is 0 Å². The highest BCUT2D eigenvalue weighted by Crippen LogP contribution is 2.33. The average Bonchev–Trinajstić information content (AvgIpc) is 3.35. The van der Waals surface area contributed by atoms with E-state index in [1.54, 1.807) is 12.4 Å². The van der Waals surface area contributed by atoms with Crippen LogP contribution in [0.15, 0.2) is 200 Å². The predicted octanol–water partition coefficient (Wildman–Crippen LogP) is 11.2. The second-order valence-electron chi connectivity index (χ2n) is 13.9. The van der Waals surface area contributed by atoms with Crippen LogP contribution in [0.4, 0.5) is 0 Å². The van der Waals surface area contributed by atoms with Crippen molar-refractivity contribution in [1.82, 2.24) is 44.9 Å². The number of hydrogen-bond acceptors (Lipinski definition) is 9. The first-order valence-corrected chi connectivity index (χ1v) is 19.5. The third kappa shape index (κ3) is 7.66. The Hall–Kier alpha value is -8.43. The molecule has 10 aromatic rings. The molecule has 0 aliphatic rings. The topological polar surface area (TPSA) is 116 Å². The maximum absolute atomic E-state index is 5.20. The van der Waals surface area contributed by atoms with Crippen molar-refractivity contribution in [1.29, 1.82) is 0 Å². The maximum Gasteiger partial charge on any atom is 0.164 e. The normalized spacial score (nSPS) is 11.0. The molecule has 0 N–H and O–H groups in total. The number of pyridine rings is 3. The first-order valence-electron chi connectivity index (χ1n) is 19.5. The SMILES string of the molecule is c1ccc(-c2cc(-c3cc(-c4nc(-c5ccccc5)nc(-c5ccccc5)n4)ccn3)nc(-c3cc(-c4nc(-c5ccccc5)nc(-c5ccccc5)n4)ccn3)c2)cc1. The van der Waals surface area contributed by atoms with Crippen molar-refractivity contribution in [3.63, 3.8) is 0 Å². The number of hydrogen-bond donors (Lipinski definition) is 0. The summed E-state index contributed by atoms with van der Waals surface area (Å²) in [5.41, 5.74) is 9.79. The summed E-state index contributed by atoms with van der Waals surface area (Å²) < 4.78 is 0. The van der Waals surface area contributed by atoms with E-state index in [9.17, 15) is 0 Å². The van der Waals surface area contributed by atoms with E-state index in [0.717, 1.165) is 44.5 Å². The van der Waals surface area contributed by atoms with Crippen molar-refractivity contribution in [2.75, 3.05) is 0 Å². The van der Waals surface area contributed by atoms with Gasteiger partial charge in [0.15, 0.2) is 34.9 Å². The van der Waals surface area contributed by atoms with Crippen molar-refractivity contribution in [3.8, 4) is 102 Å². The smallest absolute Gasteiger partial charge is 0.164 e. The average molecular weight is 772 g/mol. The zero-order valence-electron chi connectivity index (χ0n) is 32.1. The van der Waals surface area contributed by atoms with Gasteiger partial charge < -0.3 is 0 Å². The molecule has 9 nitrogen and oxygen atoms in total. The number of benzene rings is 5. The third-order valence-electron chi connectivity index (χ3n) is 9.89. The molecule has 0 amide bonds. The van der Waals surface area contributed by atoms with Gasteiger partial charge in [-0.3, -0.25) is 9.97 Å². The van der Waals surface area contributed by atoms with Gasteiger partial charge >= 0.3 is 0 Å². The van der Waals surface area contributed by atoms with E-state index < -0.39 is 0 Å². The van der Waals surface area contributed by atoms with Gasteiger partial charge in [-0.2, -0.15) is 0 Å². The Labute approximate surface area is 346 Å². The summed E-state index contributed by atoms with van der Waals surface area (Å²) in [5, 5.41) is 0. The molecule has 10 rings (SSSR count). The molecule has 0 saturated carbocycles. The summed E-state index contributed by atoms with van der Waals surface area (Å²) in [6.45, 7) is 0. The minimum atomic E-state index is 0.530. The quantitative estimate of drug-likeness (QED) is 0.141. The van der Waals surface area contributed by atoms with Crippen molar-refractivity contribution >= 4 is 0 Å². The van der Waals surface area contributed by atoms with Gasteiger partial charge in [0, 0.05) is 45.8 Å². The molecule has 0 bridgehead atoms. The molecule has 282 valence electrons. The van der Waals surface area contributed by atoms with E-state index in [4.69, 9.17) is 44.9 Å². The summed E-state index contributed by atoms with van der Waals surface area (Å²) in [5.74, 6) is 3.39. The van der Waals surface area contributed by atoms with Crippen LogP contribution in [0.25, 0.3) is 102 Å². The van der Waals surface area contributed by atoms with Crippen LogP contribution < -0.4 is 0 Å². The fraction of sp³-hybridized carbons (Fsp3) is 0. The second kappa shape index (κ2) is 16.2. The molecule has 5 aromatic carbocycles. The summed E-state index contributed by atoms with van der Waals surface area (Å²) in [7, 11) is 0. The Morgan fingerprint density at radius 2 is 0.467 bits per heavy atom. The zero-order chi connectivity index (χ0) is 40.1. The van der Waals surface area contributed by atoms with Gasteiger partial charge in [-0.15, -0.1) is 0 Å². The van der Waals surface area contributed by atoms with Gasteiger partial charge in [0.05, 0.1) is 22.8 Å². The minimum absolute atomic E-state index is 0.530. The zero-order valence-corrected chi connectivity index (χ0v) is 32.1. The fourth-order valence-electron chi connectivity index (χ4n) is 6.89. The molecule has 0 aliphatic heterocycles. The van der Waals surface area contributed by atoms with Gasteiger partial charge in [-0.1, -0.05) is 152 Å². The lowest BCUT2D eigenvalue weighted by Gasteiger charge is -2.12. The molecule has 9 heteroatoms. The molecule has 0 aliphatic carbocycles. The predicted molar refractivity (Wildman–Crippen MR) is 236 cm³/mol. The van der Waals surface area contributed by atoms with Crippen LogP contribution >= 0.6 is 0 Å². The van der Waals surface area contributed by atoms with Crippen molar-refractivity contribution < 1.29 is 0 Å². The van der Waals surface area contributed by atoms with E-state index in [2.05, 4.69) is 24.3 Å². The van der Waals surface area contributed by atoms with Gasteiger partial charge in [0.1, 0.15) is 0 Å². The standard InChI is InChI=1S/C51H33N9/c1-6-16-34(17-7-1)41-32-44(42-30-39(26-28-52-42)50-57-46(35-18-8-2-9-19-35)55-47(58-50)36-20-10-3-11-21-36)54-45(33-41)43-31-40(27-29-53-43)51-59-48(37-22-12-4-13-23-37)56-49(60-51)38-24-14-5-15-25-38/h1-33H. The molecule has 5 aromatic heterocycles. The Bertz CT molecular complexity index is 2770. The number of nitrogens with zero attached hydrogens (tertiary/aromatic N) is 9. The van der Waals surface area contributed by atoms with Crippen LogP contribution in [0.3, 0.4) is 0 Å². The highest BCUT2D eigenvalue weighted by Gasteiger charge is 2.17. The van der Waals surface area contributed by atoms with Gasteiger partial charge in [-0.05, 0) is 47.5 Å². The van der Waals surface area contributed by atoms with Gasteiger partial charge in [0.2, 0.25) is 0 Å². The summed E-state index contributed by atoms with van der Waals surface area (Å²) in [4.78, 5) is 44.4. The molecule has 0 fully saturated rings. The van der Waals surface area contributed by atoms with E-state index in [-0.39, 0.29) is 0 Å². The van der Waals surface area contributed by atoms with Crippen molar-refractivity contribution in [2.45, 2.75) is 0 Å². The molecule has 0 spiro atoms. The Kier molecular flexibility index (Phi) is 9.71. The third-order valence-corrected chi connectivity index (χ3v) is 9.89. The van der Waals surface area contributed by atoms with Gasteiger partial charge in [0.25, 0.3) is 0 Å². The molecule has 0 saturated heterocycles. The first kappa shape index (κ1) is 35.9. The molecule has 0 atom stereocenters. The van der Waals surface area contributed by atoms with Crippen LogP contribution in [0.1, 0.15) is 0 Å². The monoisotopic (exact) mass is 771 g/mol. The summed E-state index contributed by atoms with van der Waals surface area (Å²) >= 11 is 0. The van der Waals surface area contributed by atoms with E-state index in [1.807, 2.05) is 164 Å². The Morgan fingerprint density at radius 3 is 0.783 bits per heavy atom. The largest absolute Gasteiger partial charge is 0.255 e. The molecular weight excluding hydrogens is 739 g/mol. The second-order valence-corrected chi connectivity index (χ2v) is 13.9. The molecule has 0 radical (unpaired) electrons. The van der Waals surface area contributed by atoms with E-state index in [0.29, 0.717) is 57.7 Å². The Balaban J connectivity index is 1.09. The van der Waals surface area contributed by atoms with Crippen molar-refractivity contribution in [2.24, 2.45) is 0 Å². The summed E-state index contributed by atoms with van der Waals surface area (Å²) in [6, 6.07) is 61.9. The van der Waals surface area contributed by atoms with Crippen LogP contribution in [0, 0.1) is 0 Å². The fourth-order valence-corrected chi connectivity index (χ4v) is 6.89. The lowest BCUT2D eigenvalue weighted by molar-refractivity contribution is 1.07. The van der Waals surface area contributed by atoms with Crippen LogP contribution in [0.5, 0.6) is 0 Å². The van der Waals surface area contributed by atoms with Crippen LogP contribution in [-0.2, 0) is 0 Å².